The number of nitrogens with zero attached hydrogens (tertiary/aromatic N) is 3. The molecule has 10 heteroatoms. The molecule has 1 N–H and O–H groups in total. The van der Waals surface area contributed by atoms with Crippen LogP contribution in [0.25, 0.3) is 0 Å². The van der Waals surface area contributed by atoms with Gasteiger partial charge in [0.2, 0.25) is 5.89 Å². The van der Waals surface area contributed by atoms with E-state index in [4.69, 9.17) is 16.0 Å². The van der Waals surface area contributed by atoms with Crippen molar-refractivity contribution in [3.63, 3.8) is 0 Å². The van der Waals surface area contributed by atoms with E-state index >= 15 is 0 Å². The molecule has 0 bridgehead atoms. The number of amides is 1. The Kier molecular flexibility index (Phi) is 6.90. The van der Waals surface area contributed by atoms with Gasteiger partial charge in [-0.15, -0.1) is 0 Å². The maximum atomic E-state index is 12.8. The van der Waals surface area contributed by atoms with Crippen molar-refractivity contribution in [3.8, 4) is 0 Å². The molecule has 0 atom stereocenters. The number of rotatable bonds is 6. The second-order valence-electron chi connectivity index (χ2n) is 7.75. The van der Waals surface area contributed by atoms with Crippen LogP contribution in [0.2, 0.25) is 5.02 Å². The molecule has 0 radical (unpaired) electrons. The average molecular weight is 479 g/mol. The Morgan fingerprint density at radius 2 is 1.85 bits per heavy atom. The standard InChI is InChI=1S/C23H22ClF3N4O2/c24-18-5-2-6-19(12-18)31-9-7-30(8-10-31)14-21-29-20(15-33-21)22(32)28-13-16-3-1-4-17(11-16)23(25,26)27/h1-6,11-12,15H,7-10,13-14H2,(H,28,32). The number of nitrogens with one attached hydrogen (secondary N) is 1. The molecule has 1 aliphatic heterocycles. The topological polar surface area (TPSA) is 61.6 Å². The molecule has 174 valence electrons. The lowest BCUT2D eigenvalue weighted by Crippen LogP contribution is -2.46. The van der Waals surface area contributed by atoms with Crippen LogP contribution < -0.4 is 10.2 Å². The van der Waals surface area contributed by atoms with Gasteiger partial charge in [-0.2, -0.15) is 13.2 Å². The molecule has 4 rings (SSSR count). The first-order valence-corrected chi connectivity index (χ1v) is 10.8. The van der Waals surface area contributed by atoms with E-state index in [0.29, 0.717) is 23.0 Å². The number of aromatic nitrogens is 1. The minimum atomic E-state index is -4.43. The number of anilines is 1. The lowest BCUT2D eigenvalue weighted by atomic mass is 10.1. The third-order valence-corrected chi connectivity index (χ3v) is 5.63. The molecule has 1 amide bonds. The SMILES string of the molecule is O=C(NCc1cccc(C(F)(F)F)c1)c1coc(CN2CCN(c3cccc(Cl)c3)CC2)n1. The van der Waals surface area contributed by atoms with Crippen molar-refractivity contribution in [2.45, 2.75) is 19.3 Å². The Morgan fingerprint density at radius 1 is 1.09 bits per heavy atom. The van der Waals surface area contributed by atoms with E-state index in [-0.39, 0.29) is 12.2 Å². The van der Waals surface area contributed by atoms with E-state index in [0.717, 1.165) is 44.0 Å². The van der Waals surface area contributed by atoms with Crippen LogP contribution in [0, 0.1) is 0 Å². The summed E-state index contributed by atoms with van der Waals surface area (Å²) in [5.41, 5.74) is 0.764. The summed E-state index contributed by atoms with van der Waals surface area (Å²) in [6.07, 6.45) is -3.17. The maximum absolute atomic E-state index is 12.8. The molecule has 1 aromatic heterocycles. The molecule has 6 nitrogen and oxygen atoms in total. The largest absolute Gasteiger partial charge is 0.447 e. The number of piperazine rings is 1. The van der Waals surface area contributed by atoms with Crippen LogP contribution in [0.15, 0.2) is 59.2 Å². The fraction of sp³-hybridized carbons (Fsp3) is 0.304. The Labute approximate surface area is 194 Å². The van der Waals surface area contributed by atoms with Gasteiger partial charge >= 0.3 is 6.18 Å². The number of carbonyl (C=O) groups excluding carboxylic acids is 1. The zero-order chi connectivity index (χ0) is 23.4. The van der Waals surface area contributed by atoms with Gasteiger partial charge in [0.1, 0.15) is 6.26 Å². The number of hydrogen-bond donors (Lipinski definition) is 1. The van der Waals surface area contributed by atoms with Gasteiger partial charge in [-0.25, -0.2) is 4.98 Å². The molecule has 0 aliphatic carbocycles. The summed E-state index contributed by atoms with van der Waals surface area (Å²) in [5, 5.41) is 3.28. The van der Waals surface area contributed by atoms with Gasteiger partial charge in [0.25, 0.3) is 5.91 Å². The molecule has 1 fully saturated rings. The van der Waals surface area contributed by atoms with Gasteiger partial charge in [-0.05, 0) is 35.9 Å². The molecule has 0 unspecified atom stereocenters. The van der Waals surface area contributed by atoms with E-state index in [9.17, 15) is 18.0 Å². The quantitative estimate of drug-likeness (QED) is 0.561. The molecular weight excluding hydrogens is 457 g/mol. The summed E-state index contributed by atoms with van der Waals surface area (Å²) in [7, 11) is 0. The normalized spacial score (nSPS) is 15.0. The lowest BCUT2D eigenvalue weighted by molar-refractivity contribution is -0.137. The first kappa shape index (κ1) is 23.1. The molecule has 1 saturated heterocycles. The van der Waals surface area contributed by atoms with Crippen LogP contribution in [0.4, 0.5) is 18.9 Å². The Balaban J connectivity index is 1.27. The van der Waals surface area contributed by atoms with E-state index < -0.39 is 17.6 Å². The average Bonchev–Trinajstić information content (AvgIpc) is 3.26. The number of oxazole rings is 1. The molecule has 33 heavy (non-hydrogen) atoms. The van der Waals surface area contributed by atoms with Gasteiger partial charge in [-0.1, -0.05) is 29.8 Å². The number of hydrogen-bond acceptors (Lipinski definition) is 5. The summed E-state index contributed by atoms with van der Waals surface area (Å²) in [6, 6.07) is 12.6. The molecule has 0 spiro atoms. The maximum Gasteiger partial charge on any atom is 0.416 e. The highest BCUT2D eigenvalue weighted by molar-refractivity contribution is 6.30. The van der Waals surface area contributed by atoms with Crippen molar-refractivity contribution in [2.24, 2.45) is 0 Å². The highest BCUT2D eigenvalue weighted by atomic mass is 35.5. The minimum absolute atomic E-state index is 0.0452. The number of carbonyl (C=O) groups is 1. The fourth-order valence-electron chi connectivity index (χ4n) is 3.65. The molecule has 2 heterocycles. The molecule has 2 aromatic carbocycles. The van der Waals surface area contributed by atoms with Gasteiger partial charge in [0.15, 0.2) is 5.69 Å². The summed E-state index contributed by atoms with van der Waals surface area (Å²) < 4.78 is 43.9. The van der Waals surface area contributed by atoms with Crippen LogP contribution >= 0.6 is 11.6 Å². The van der Waals surface area contributed by atoms with Gasteiger partial charge in [0, 0.05) is 43.4 Å². The second kappa shape index (κ2) is 9.84. The molecule has 3 aromatic rings. The van der Waals surface area contributed by atoms with Crippen LogP contribution in [0.5, 0.6) is 0 Å². The van der Waals surface area contributed by atoms with Crippen LogP contribution in [-0.4, -0.2) is 42.0 Å². The molecule has 1 aliphatic rings. The van der Waals surface area contributed by atoms with Crippen molar-refractivity contribution >= 4 is 23.2 Å². The van der Waals surface area contributed by atoms with E-state index in [1.807, 2.05) is 24.3 Å². The van der Waals surface area contributed by atoms with Crippen LogP contribution in [0.3, 0.4) is 0 Å². The Bertz CT molecular complexity index is 1110. The highest BCUT2D eigenvalue weighted by Gasteiger charge is 2.30. The van der Waals surface area contributed by atoms with Gasteiger partial charge in [-0.3, -0.25) is 9.69 Å². The number of benzene rings is 2. The third kappa shape index (κ3) is 6.06. The van der Waals surface area contributed by atoms with E-state index in [2.05, 4.69) is 20.1 Å². The first-order valence-electron chi connectivity index (χ1n) is 10.4. The van der Waals surface area contributed by atoms with Crippen molar-refractivity contribution in [3.05, 3.63) is 82.5 Å². The van der Waals surface area contributed by atoms with E-state index in [1.165, 1.54) is 18.4 Å². The summed E-state index contributed by atoms with van der Waals surface area (Å²) >= 11 is 6.07. The van der Waals surface area contributed by atoms with Crippen LogP contribution in [0.1, 0.15) is 27.5 Å². The third-order valence-electron chi connectivity index (χ3n) is 5.40. The predicted molar refractivity (Wildman–Crippen MR) is 118 cm³/mol. The fourth-order valence-corrected chi connectivity index (χ4v) is 3.83. The zero-order valence-corrected chi connectivity index (χ0v) is 18.4. The van der Waals surface area contributed by atoms with E-state index in [1.54, 1.807) is 0 Å². The highest BCUT2D eigenvalue weighted by Crippen LogP contribution is 2.29. The summed E-state index contributed by atoms with van der Waals surface area (Å²) in [6.45, 7) is 3.66. The summed E-state index contributed by atoms with van der Waals surface area (Å²) in [5.74, 6) is -0.0939. The minimum Gasteiger partial charge on any atom is -0.447 e. The smallest absolute Gasteiger partial charge is 0.416 e. The summed E-state index contributed by atoms with van der Waals surface area (Å²) in [4.78, 5) is 21.0. The second-order valence-corrected chi connectivity index (χ2v) is 8.19. The van der Waals surface area contributed by atoms with Crippen molar-refractivity contribution < 1.29 is 22.4 Å². The molecule has 0 saturated carbocycles. The Hall–Kier alpha value is -3.04. The van der Waals surface area contributed by atoms with Crippen molar-refractivity contribution in [2.75, 3.05) is 31.1 Å². The zero-order valence-electron chi connectivity index (χ0n) is 17.6. The van der Waals surface area contributed by atoms with Gasteiger partial charge in [0.05, 0.1) is 12.1 Å². The number of halogens is 4. The van der Waals surface area contributed by atoms with Crippen molar-refractivity contribution in [1.29, 1.82) is 0 Å². The van der Waals surface area contributed by atoms with Crippen LogP contribution in [-0.2, 0) is 19.3 Å². The first-order chi connectivity index (χ1) is 15.8. The number of alkyl halides is 3. The Morgan fingerprint density at radius 3 is 2.58 bits per heavy atom. The van der Waals surface area contributed by atoms with Crippen molar-refractivity contribution in [1.82, 2.24) is 15.2 Å². The van der Waals surface area contributed by atoms with Gasteiger partial charge < -0.3 is 14.6 Å². The monoisotopic (exact) mass is 478 g/mol. The predicted octanol–water partition coefficient (Wildman–Crippen LogP) is 4.60. The molecular formula is C23H22ClF3N4O2. The lowest BCUT2D eigenvalue weighted by Gasteiger charge is -2.35.